The van der Waals surface area contributed by atoms with Crippen LogP contribution < -0.4 is 5.32 Å². The van der Waals surface area contributed by atoms with Gasteiger partial charge in [-0.25, -0.2) is 0 Å². The second-order valence-corrected chi connectivity index (χ2v) is 5.32. The van der Waals surface area contributed by atoms with E-state index in [0.717, 1.165) is 18.4 Å². The van der Waals surface area contributed by atoms with Crippen LogP contribution in [0.15, 0.2) is 18.5 Å². The Bertz CT molecular complexity index is 279. The van der Waals surface area contributed by atoms with Gasteiger partial charge in [0.15, 0.2) is 0 Å². The van der Waals surface area contributed by atoms with Gasteiger partial charge in [0.1, 0.15) is 0 Å². The Morgan fingerprint density at radius 2 is 2.38 bits per heavy atom. The molecule has 1 aliphatic rings. The Morgan fingerprint density at radius 3 is 3.12 bits per heavy atom. The molecule has 1 heterocycles. The molecule has 0 aliphatic heterocycles. The summed E-state index contributed by atoms with van der Waals surface area (Å²) in [4.78, 5) is 3.09. The van der Waals surface area contributed by atoms with Gasteiger partial charge in [-0.1, -0.05) is 26.2 Å². The Morgan fingerprint density at radius 1 is 1.44 bits per heavy atom. The fourth-order valence-corrected chi connectivity index (χ4v) is 2.83. The summed E-state index contributed by atoms with van der Waals surface area (Å²) in [7, 11) is 0. The molecule has 16 heavy (non-hydrogen) atoms. The molecule has 2 unspecified atom stereocenters. The van der Waals surface area contributed by atoms with E-state index in [-0.39, 0.29) is 0 Å². The van der Waals surface area contributed by atoms with Crippen molar-refractivity contribution < 1.29 is 0 Å². The molecule has 2 N–H and O–H groups in total. The van der Waals surface area contributed by atoms with Crippen molar-refractivity contribution >= 4 is 0 Å². The third-order valence-corrected chi connectivity index (χ3v) is 3.77. The van der Waals surface area contributed by atoms with Gasteiger partial charge in [-0.15, -0.1) is 0 Å². The first kappa shape index (κ1) is 11.7. The van der Waals surface area contributed by atoms with E-state index in [4.69, 9.17) is 0 Å². The molecule has 1 saturated carbocycles. The van der Waals surface area contributed by atoms with Crippen LogP contribution in [0, 0.1) is 11.8 Å². The molecule has 0 aromatic carbocycles. The van der Waals surface area contributed by atoms with Crippen LogP contribution in [0.25, 0.3) is 0 Å². The van der Waals surface area contributed by atoms with Gasteiger partial charge in [-0.2, -0.15) is 0 Å². The summed E-state index contributed by atoms with van der Waals surface area (Å²) in [6.45, 7) is 4.58. The molecule has 0 amide bonds. The summed E-state index contributed by atoms with van der Waals surface area (Å²) >= 11 is 0. The topological polar surface area (TPSA) is 27.8 Å². The summed E-state index contributed by atoms with van der Waals surface area (Å²) in [5.74, 6) is 1.94. The first-order valence-corrected chi connectivity index (χ1v) is 6.67. The van der Waals surface area contributed by atoms with Crippen molar-refractivity contribution in [2.24, 2.45) is 11.8 Å². The number of rotatable bonds is 5. The van der Waals surface area contributed by atoms with Crippen LogP contribution in [0.1, 0.15) is 44.6 Å². The molecule has 1 fully saturated rings. The Kier molecular flexibility index (Phi) is 4.46. The predicted molar refractivity (Wildman–Crippen MR) is 68.2 cm³/mol. The Hall–Kier alpha value is -0.760. The van der Waals surface area contributed by atoms with Gasteiger partial charge in [0.2, 0.25) is 0 Å². The molecule has 2 rings (SSSR count). The van der Waals surface area contributed by atoms with Gasteiger partial charge in [0.25, 0.3) is 0 Å². The SMILES string of the molecule is CC1CCCC(CCNCc2cc[nH]c2)C1. The minimum absolute atomic E-state index is 0.962. The van der Waals surface area contributed by atoms with Gasteiger partial charge in [-0.3, -0.25) is 0 Å². The van der Waals surface area contributed by atoms with Crippen LogP contribution in [-0.4, -0.2) is 11.5 Å². The molecule has 2 atom stereocenters. The lowest BCUT2D eigenvalue weighted by Gasteiger charge is -2.26. The van der Waals surface area contributed by atoms with Crippen LogP contribution in [0.4, 0.5) is 0 Å². The number of nitrogens with one attached hydrogen (secondary N) is 2. The van der Waals surface area contributed by atoms with Gasteiger partial charge < -0.3 is 10.3 Å². The minimum atomic E-state index is 0.962. The van der Waals surface area contributed by atoms with Crippen molar-refractivity contribution in [3.05, 3.63) is 24.0 Å². The number of aromatic amines is 1. The molecule has 0 spiro atoms. The maximum absolute atomic E-state index is 3.53. The maximum atomic E-state index is 3.53. The van der Waals surface area contributed by atoms with E-state index in [1.54, 1.807) is 0 Å². The molecule has 1 aromatic heterocycles. The van der Waals surface area contributed by atoms with Crippen LogP contribution in [-0.2, 0) is 6.54 Å². The smallest absolute Gasteiger partial charge is 0.0220 e. The van der Waals surface area contributed by atoms with Crippen molar-refractivity contribution in [2.75, 3.05) is 6.54 Å². The highest BCUT2D eigenvalue weighted by Crippen LogP contribution is 2.30. The average Bonchev–Trinajstić information content (AvgIpc) is 2.77. The van der Waals surface area contributed by atoms with Crippen LogP contribution in [0.2, 0.25) is 0 Å². The summed E-state index contributed by atoms with van der Waals surface area (Å²) in [5, 5.41) is 3.53. The van der Waals surface area contributed by atoms with Crippen LogP contribution in [0.5, 0.6) is 0 Å². The van der Waals surface area contributed by atoms with E-state index in [9.17, 15) is 0 Å². The fourth-order valence-electron chi connectivity index (χ4n) is 2.83. The number of hydrogen-bond donors (Lipinski definition) is 2. The average molecular weight is 220 g/mol. The predicted octanol–water partition coefficient (Wildman–Crippen LogP) is 3.32. The zero-order chi connectivity index (χ0) is 11.2. The van der Waals surface area contributed by atoms with Crippen molar-refractivity contribution in [3.63, 3.8) is 0 Å². The fraction of sp³-hybridized carbons (Fsp3) is 0.714. The van der Waals surface area contributed by atoms with Crippen molar-refractivity contribution in [2.45, 2.75) is 45.6 Å². The summed E-state index contributed by atoms with van der Waals surface area (Å²) in [5.41, 5.74) is 1.36. The highest BCUT2D eigenvalue weighted by molar-refractivity contribution is 5.07. The molecule has 2 heteroatoms. The lowest BCUT2D eigenvalue weighted by atomic mass is 9.81. The van der Waals surface area contributed by atoms with Crippen molar-refractivity contribution in [1.82, 2.24) is 10.3 Å². The quantitative estimate of drug-likeness (QED) is 0.732. The van der Waals surface area contributed by atoms with Gasteiger partial charge in [0, 0.05) is 18.9 Å². The molecular weight excluding hydrogens is 196 g/mol. The second-order valence-electron chi connectivity index (χ2n) is 5.32. The van der Waals surface area contributed by atoms with Crippen molar-refractivity contribution in [3.8, 4) is 0 Å². The first-order chi connectivity index (χ1) is 7.84. The highest BCUT2D eigenvalue weighted by atomic mass is 14.9. The summed E-state index contributed by atoms with van der Waals surface area (Å²) < 4.78 is 0. The highest BCUT2D eigenvalue weighted by Gasteiger charge is 2.17. The molecule has 2 nitrogen and oxygen atoms in total. The summed E-state index contributed by atoms with van der Waals surface area (Å²) in [6, 6.07) is 2.13. The molecule has 90 valence electrons. The minimum Gasteiger partial charge on any atom is -0.367 e. The largest absolute Gasteiger partial charge is 0.367 e. The molecular formula is C14H24N2. The summed E-state index contributed by atoms with van der Waals surface area (Å²) in [6.07, 6.45) is 11.2. The third kappa shape index (κ3) is 3.67. The zero-order valence-electron chi connectivity index (χ0n) is 10.3. The lowest BCUT2D eigenvalue weighted by molar-refractivity contribution is 0.267. The van der Waals surface area contributed by atoms with E-state index in [1.807, 2.05) is 6.20 Å². The lowest BCUT2D eigenvalue weighted by Crippen LogP contribution is -2.20. The van der Waals surface area contributed by atoms with E-state index < -0.39 is 0 Å². The maximum Gasteiger partial charge on any atom is 0.0220 e. The number of hydrogen-bond acceptors (Lipinski definition) is 1. The monoisotopic (exact) mass is 220 g/mol. The zero-order valence-corrected chi connectivity index (χ0v) is 10.3. The van der Waals surface area contributed by atoms with Crippen molar-refractivity contribution in [1.29, 1.82) is 0 Å². The van der Waals surface area contributed by atoms with E-state index in [0.29, 0.717) is 0 Å². The van der Waals surface area contributed by atoms with Gasteiger partial charge in [-0.05, 0) is 42.9 Å². The Labute approximate surface area is 98.8 Å². The molecule has 0 radical (unpaired) electrons. The van der Waals surface area contributed by atoms with Crippen LogP contribution in [0.3, 0.4) is 0 Å². The van der Waals surface area contributed by atoms with E-state index in [2.05, 4.69) is 29.5 Å². The molecule has 0 saturated heterocycles. The van der Waals surface area contributed by atoms with Crippen LogP contribution >= 0.6 is 0 Å². The normalized spacial score (nSPS) is 25.8. The van der Waals surface area contributed by atoms with Gasteiger partial charge in [0.05, 0.1) is 0 Å². The Balaban J connectivity index is 1.57. The second kappa shape index (κ2) is 6.09. The van der Waals surface area contributed by atoms with E-state index in [1.165, 1.54) is 44.2 Å². The standard InChI is InChI=1S/C14H24N2/c1-12-3-2-4-13(9-12)5-7-15-10-14-6-8-16-11-14/h6,8,11-13,15-16H,2-5,7,9-10H2,1H3. The number of aromatic nitrogens is 1. The van der Waals surface area contributed by atoms with Gasteiger partial charge >= 0.3 is 0 Å². The molecule has 1 aromatic rings. The number of H-pyrrole nitrogens is 1. The van der Waals surface area contributed by atoms with E-state index >= 15 is 0 Å². The first-order valence-electron chi connectivity index (χ1n) is 6.67. The third-order valence-electron chi connectivity index (χ3n) is 3.77. The molecule has 1 aliphatic carbocycles. The molecule has 0 bridgehead atoms.